The van der Waals surface area contributed by atoms with Crippen LogP contribution in [0.4, 0.5) is 5.69 Å². The van der Waals surface area contributed by atoms with Crippen molar-refractivity contribution in [2.24, 2.45) is 0 Å². The van der Waals surface area contributed by atoms with E-state index in [4.69, 9.17) is 0 Å². The normalized spacial score (nSPS) is 21.6. The van der Waals surface area contributed by atoms with Crippen LogP contribution in [0.2, 0.25) is 0 Å². The molecule has 1 saturated heterocycles. The van der Waals surface area contributed by atoms with Crippen molar-refractivity contribution < 1.29 is 4.79 Å². The van der Waals surface area contributed by atoms with E-state index in [1.54, 1.807) is 0 Å². The minimum atomic E-state index is -0.507. The zero-order valence-corrected chi connectivity index (χ0v) is 12.8. The van der Waals surface area contributed by atoms with Crippen LogP contribution in [0.3, 0.4) is 0 Å². The second-order valence-corrected chi connectivity index (χ2v) is 6.78. The molecule has 1 N–H and O–H groups in total. The van der Waals surface area contributed by atoms with E-state index in [2.05, 4.69) is 51.2 Å². The molecular weight excluding hydrogens is 236 g/mol. The summed E-state index contributed by atoms with van der Waals surface area (Å²) >= 11 is 0. The number of aryl methyl sites for hydroxylation is 2. The van der Waals surface area contributed by atoms with Crippen LogP contribution >= 0.6 is 0 Å². The molecule has 0 aliphatic carbocycles. The quantitative estimate of drug-likeness (QED) is 0.842. The van der Waals surface area contributed by atoms with E-state index in [1.807, 2.05) is 18.7 Å². The van der Waals surface area contributed by atoms with Gasteiger partial charge in [0.2, 0.25) is 5.91 Å². The first-order valence-corrected chi connectivity index (χ1v) is 6.81. The molecule has 1 aliphatic heterocycles. The standard InChI is InChI=1S/C16H24N2O/c1-11-7-12(2)9-13(8-11)18-14(19)16(5,6)17-10-15(18,3)4/h7-9,17H,10H2,1-6H3. The van der Waals surface area contributed by atoms with Gasteiger partial charge >= 0.3 is 0 Å². The van der Waals surface area contributed by atoms with Crippen LogP contribution in [0, 0.1) is 13.8 Å². The van der Waals surface area contributed by atoms with Crippen molar-refractivity contribution in [3.8, 4) is 0 Å². The van der Waals surface area contributed by atoms with Gasteiger partial charge in [-0.15, -0.1) is 0 Å². The van der Waals surface area contributed by atoms with Gasteiger partial charge in [0.1, 0.15) is 0 Å². The van der Waals surface area contributed by atoms with Crippen LogP contribution in [0.1, 0.15) is 38.8 Å². The monoisotopic (exact) mass is 260 g/mol. The highest BCUT2D eigenvalue weighted by atomic mass is 16.2. The smallest absolute Gasteiger partial charge is 0.247 e. The summed E-state index contributed by atoms with van der Waals surface area (Å²) in [6.07, 6.45) is 0. The predicted octanol–water partition coefficient (Wildman–Crippen LogP) is 2.80. The number of hydrogen-bond acceptors (Lipinski definition) is 2. The molecule has 104 valence electrons. The number of nitrogens with zero attached hydrogens (tertiary/aromatic N) is 1. The first kappa shape index (κ1) is 14.1. The number of carbonyl (C=O) groups is 1. The van der Waals surface area contributed by atoms with Crippen LogP contribution in [0.5, 0.6) is 0 Å². The number of amides is 1. The van der Waals surface area contributed by atoms with Gasteiger partial charge < -0.3 is 10.2 Å². The molecule has 3 heteroatoms. The zero-order chi connectivity index (χ0) is 14.4. The van der Waals surface area contributed by atoms with Crippen LogP contribution in [-0.2, 0) is 4.79 Å². The Bertz CT molecular complexity index is 497. The number of hydrogen-bond donors (Lipinski definition) is 1. The van der Waals surface area contributed by atoms with E-state index < -0.39 is 5.54 Å². The van der Waals surface area contributed by atoms with Crippen molar-refractivity contribution >= 4 is 11.6 Å². The summed E-state index contributed by atoms with van der Waals surface area (Å²) in [6, 6.07) is 6.32. The van der Waals surface area contributed by atoms with Crippen molar-refractivity contribution in [3.05, 3.63) is 29.3 Å². The van der Waals surface area contributed by atoms with Gasteiger partial charge in [-0.3, -0.25) is 4.79 Å². The topological polar surface area (TPSA) is 32.3 Å². The van der Waals surface area contributed by atoms with Crippen LogP contribution in [0.15, 0.2) is 18.2 Å². The van der Waals surface area contributed by atoms with E-state index in [-0.39, 0.29) is 11.4 Å². The average Bonchev–Trinajstić information content (AvgIpc) is 2.23. The van der Waals surface area contributed by atoms with E-state index in [9.17, 15) is 4.79 Å². The number of nitrogens with one attached hydrogen (secondary N) is 1. The fraction of sp³-hybridized carbons (Fsp3) is 0.562. The molecule has 2 rings (SSSR count). The molecule has 1 aromatic carbocycles. The minimum absolute atomic E-state index is 0.133. The average molecular weight is 260 g/mol. The molecule has 1 fully saturated rings. The van der Waals surface area contributed by atoms with Crippen molar-refractivity contribution in [2.45, 2.75) is 52.6 Å². The fourth-order valence-corrected chi connectivity index (χ4v) is 2.69. The highest BCUT2D eigenvalue weighted by Gasteiger charge is 2.45. The van der Waals surface area contributed by atoms with Crippen LogP contribution in [0.25, 0.3) is 0 Å². The predicted molar refractivity (Wildman–Crippen MR) is 79.6 cm³/mol. The van der Waals surface area contributed by atoms with Gasteiger partial charge in [0.05, 0.1) is 11.1 Å². The molecular formula is C16H24N2O. The molecule has 0 atom stereocenters. The first-order chi connectivity index (χ1) is 8.63. The van der Waals surface area contributed by atoms with Crippen LogP contribution < -0.4 is 10.2 Å². The summed E-state index contributed by atoms with van der Waals surface area (Å²) in [7, 11) is 0. The molecule has 19 heavy (non-hydrogen) atoms. The Hall–Kier alpha value is -1.35. The Morgan fingerprint density at radius 2 is 1.58 bits per heavy atom. The molecule has 0 unspecified atom stereocenters. The van der Waals surface area contributed by atoms with Gasteiger partial charge in [0.25, 0.3) is 0 Å². The third-order valence-electron chi connectivity index (χ3n) is 3.77. The molecule has 0 saturated carbocycles. The first-order valence-electron chi connectivity index (χ1n) is 6.81. The summed E-state index contributed by atoms with van der Waals surface area (Å²) in [4.78, 5) is 14.7. The molecule has 0 aromatic heterocycles. The Labute approximate surface area is 116 Å². The van der Waals surface area contributed by atoms with Gasteiger partial charge in [-0.05, 0) is 64.8 Å². The van der Waals surface area contributed by atoms with Gasteiger partial charge in [-0.1, -0.05) is 6.07 Å². The maximum absolute atomic E-state index is 12.7. The molecule has 1 aromatic rings. The maximum atomic E-state index is 12.7. The number of benzene rings is 1. The summed E-state index contributed by atoms with van der Waals surface area (Å²) in [5.74, 6) is 0.133. The lowest BCUT2D eigenvalue weighted by molar-refractivity contribution is -0.126. The number of piperazine rings is 1. The number of carbonyl (C=O) groups excluding carboxylic acids is 1. The Balaban J connectivity index is 2.52. The van der Waals surface area contributed by atoms with Gasteiger partial charge in [-0.25, -0.2) is 0 Å². The third kappa shape index (κ3) is 2.52. The van der Waals surface area contributed by atoms with Gasteiger partial charge in [0.15, 0.2) is 0 Å². The lowest BCUT2D eigenvalue weighted by atomic mass is 9.89. The molecule has 0 spiro atoms. The van der Waals surface area contributed by atoms with E-state index >= 15 is 0 Å². The van der Waals surface area contributed by atoms with Gasteiger partial charge in [0, 0.05) is 12.2 Å². The lowest BCUT2D eigenvalue weighted by Gasteiger charge is -2.49. The maximum Gasteiger partial charge on any atom is 0.247 e. The molecule has 3 nitrogen and oxygen atoms in total. The Morgan fingerprint density at radius 3 is 2.11 bits per heavy atom. The summed E-state index contributed by atoms with van der Waals surface area (Å²) in [5.41, 5.74) is 2.66. The van der Waals surface area contributed by atoms with E-state index in [0.29, 0.717) is 0 Å². The number of anilines is 1. The fourth-order valence-electron chi connectivity index (χ4n) is 2.69. The van der Waals surface area contributed by atoms with Crippen molar-refractivity contribution in [1.29, 1.82) is 0 Å². The molecule has 0 radical (unpaired) electrons. The van der Waals surface area contributed by atoms with Crippen LogP contribution in [-0.4, -0.2) is 23.5 Å². The zero-order valence-electron chi connectivity index (χ0n) is 12.8. The van der Waals surface area contributed by atoms with E-state index in [0.717, 1.165) is 12.2 Å². The largest absolute Gasteiger partial charge is 0.304 e. The molecule has 0 bridgehead atoms. The third-order valence-corrected chi connectivity index (χ3v) is 3.77. The second-order valence-electron chi connectivity index (χ2n) is 6.78. The highest BCUT2D eigenvalue weighted by molar-refractivity contribution is 6.02. The molecule has 1 amide bonds. The lowest BCUT2D eigenvalue weighted by Crippen LogP contribution is -2.69. The van der Waals surface area contributed by atoms with Gasteiger partial charge in [-0.2, -0.15) is 0 Å². The Morgan fingerprint density at radius 1 is 1.05 bits per heavy atom. The number of rotatable bonds is 1. The minimum Gasteiger partial charge on any atom is -0.304 e. The summed E-state index contributed by atoms with van der Waals surface area (Å²) in [5, 5.41) is 3.34. The molecule has 1 heterocycles. The summed E-state index contributed by atoms with van der Waals surface area (Å²) in [6.45, 7) is 13.0. The van der Waals surface area contributed by atoms with Crippen molar-refractivity contribution in [1.82, 2.24) is 5.32 Å². The second kappa shape index (κ2) is 4.34. The van der Waals surface area contributed by atoms with Crippen molar-refractivity contribution in [2.75, 3.05) is 11.4 Å². The molecule has 1 aliphatic rings. The Kier molecular flexibility index (Phi) is 3.21. The summed E-state index contributed by atoms with van der Waals surface area (Å²) < 4.78 is 0. The van der Waals surface area contributed by atoms with E-state index in [1.165, 1.54) is 11.1 Å². The SMILES string of the molecule is Cc1cc(C)cc(N2C(=O)C(C)(C)NCC2(C)C)c1. The van der Waals surface area contributed by atoms with Crippen molar-refractivity contribution in [3.63, 3.8) is 0 Å². The highest BCUT2D eigenvalue weighted by Crippen LogP contribution is 2.31.